The van der Waals surface area contributed by atoms with Gasteiger partial charge in [0.15, 0.2) is 0 Å². The van der Waals surface area contributed by atoms with Crippen LogP contribution in [0.1, 0.15) is 17.4 Å². The van der Waals surface area contributed by atoms with Crippen LogP contribution in [-0.4, -0.2) is 33.1 Å². The molecular formula is C19H18ClN5O2S. The van der Waals surface area contributed by atoms with Crippen molar-refractivity contribution in [2.24, 2.45) is 0 Å². The summed E-state index contributed by atoms with van der Waals surface area (Å²) in [7, 11) is 1.59. The third kappa shape index (κ3) is 3.65. The van der Waals surface area contributed by atoms with Crippen molar-refractivity contribution in [3.63, 3.8) is 0 Å². The fraction of sp³-hybridized carbons (Fsp3) is 0.211. The standard InChI is InChI=1S/C19H18ClN5O2S/c1-11-22-23-19-25(11)24-16(12-6-8-13(20)9-7-12)17(28-19)18(26)21-14-4-3-5-15(10-14)27-2/h3-10,16-17,24H,1-2H3,(H,21,26)/t16-,17+/m1/s1. The minimum atomic E-state index is -0.455. The summed E-state index contributed by atoms with van der Waals surface area (Å²) in [6.07, 6.45) is 0. The molecule has 2 atom stereocenters. The first-order valence-electron chi connectivity index (χ1n) is 8.61. The summed E-state index contributed by atoms with van der Waals surface area (Å²) in [5, 5.41) is 12.1. The van der Waals surface area contributed by atoms with E-state index in [0.29, 0.717) is 21.6 Å². The van der Waals surface area contributed by atoms with Gasteiger partial charge in [0.05, 0.1) is 13.2 Å². The van der Waals surface area contributed by atoms with Gasteiger partial charge in [-0.1, -0.05) is 41.6 Å². The maximum Gasteiger partial charge on any atom is 0.240 e. The zero-order chi connectivity index (χ0) is 19.7. The maximum atomic E-state index is 13.1. The minimum Gasteiger partial charge on any atom is -0.497 e. The summed E-state index contributed by atoms with van der Waals surface area (Å²) in [5.74, 6) is 1.27. The Labute approximate surface area is 171 Å². The van der Waals surface area contributed by atoms with E-state index in [1.165, 1.54) is 11.8 Å². The second-order valence-electron chi connectivity index (χ2n) is 6.28. The zero-order valence-electron chi connectivity index (χ0n) is 15.2. The molecule has 2 heterocycles. The van der Waals surface area contributed by atoms with Gasteiger partial charge in [-0.25, -0.2) is 4.68 Å². The second-order valence-corrected chi connectivity index (χ2v) is 7.83. The number of aryl methyl sites for hydroxylation is 1. The highest BCUT2D eigenvalue weighted by Crippen LogP contribution is 2.37. The van der Waals surface area contributed by atoms with E-state index in [0.717, 1.165) is 11.4 Å². The molecule has 9 heteroatoms. The van der Waals surface area contributed by atoms with Crippen molar-refractivity contribution in [3.05, 3.63) is 64.9 Å². The molecule has 1 aliphatic heterocycles. The van der Waals surface area contributed by atoms with Crippen LogP contribution in [0.3, 0.4) is 0 Å². The second kappa shape index (κ2) is 7.73. The number of aromatic nitrogens is 3. The zero-order valence-corrected chi connectivity index (χ0v) is 16.8. The van der Waals surface area contributed by atoms with Crippen molar-refractivity contribution in [2.45, 2.75) is 23.4 Å². The van der Waals surface area contributed by atoms with Crippen molar-refractivity contribution in [3.8, 4) is 5.75 Å². The summed E-state index contributed by atoms with van der Waals surface area (Å²) >= 11 is 7.41. The van der Waals surface area contributed by atoms with Gasteiger partial charge in [-0.05, 0) is 36.8 Å². The summed E-state index contributed by atoms with van der Waals surface area (Å²) in [6.45, 7) is 1.86. The predicted molar refractivity (Wildman–Crippen MR) is 110 cm³/mol. The molecule has 2 aromatic carbocycles. The summed E-state index contributed by atoms with van der Waals surface area (Å²) in [5.41, 5.74) is 4.98. The molecule has 28 heavy (non-hydrogen) atoms. The van der Waals surface area contributed by atoms with Crippen LogP contribution in [0.5, 0.6) is 5.75 Å². The summed E-state index contributed by atoms with van der Waals surface area (Å²) < 4.78 is 7.03. The number of rotatable bonds is 4. The molecule has 0 saturated carbocycles. The molecule has 144 valence electrons. The SMILES string of the molecule is COc1cccc(NC(=O)[C@H]2Sc3nnc(C)n3N[C@@H]2c2ccc(Cl)cc2)c1. The quantitative estimate of drug-likeness (QED) is 0.677. The number of hydrogen-bond donors (Lipinski definition) is 2. The lowest BCUT2D eigenvalue weighted by Crippen LogP contribution is -2.41. The number of anilines is 1. The predicted octanol–water partition coefficient (Wildman–Crippen LogP) is 3.65. The number of ether oxygens (including phenoxy) is 1. The van der Waals surface area contributed by atoms with Gasteiger partial charge in [0, 0.05) is 16.8 Å². The number of methoxy groups -OCH3 is 1. The lowest BCUT2D eigenvalue weighted by atomic mass is 10.0. The lowest BCUT2D eigenvalue weighted by molar-refractivity contribution is -0.116. The minimum absolute atomic E-state index is 0.141. The van der Waals surface area contributed by atoms with Crippen LogP contribution in [0.25, 0.3) is 0 Å². The first-order chi connectivity index (χ1) is 13.5. The molecule has 1 amide bonds. The number of thioether (sulfide) groups is 1. The lowest BCUT2D eigenvalue weighted by Gasteiger charge is -2.32. The Hall–Kier alpha value is -2.71. The van der Waals surface area contributed by atoms with Gasteiger partial charge in [0.1, 0.15) is 16.8 Å². The molecule has 3 aromatic rings. The van der Waals surface area contributed by atoms with Crippen molar-refractivity contribution >= 4 is 35.0 Å². The van der Waals surface area contributed by atoms with Crippen LogP contribution in [0, 0.1) is 6.92 Å². The van der Waals surface area contributed by atoms with Crippen LogP contribution >= 0.6 is 23.4 Å². The monoisotopic (exact) mass is 415 g/mol. The van der Waals surface area contributed by atoms with Crippen molar-refractivity contribution in [2.75, 3.05) is 17.9 Å². The summed E-state index contributed by atoms with van der Waals surface area (Å²) in [4.78, 5) is 13.1. The van der Waals surface area contributed by atoms with Gasteiger partial charge in [0.25, 0.3) is 0 Å². The number of carbonyl (C=O) groups is 1. The number of nitrogens with one attached hydrogen (secondary N) is 2. The van der Waals surface area contributed by atoms with Crippen LogP contribution in [0.4, 0.5) is 5.69 Å². The Morgan fingerprint density at radius 3 is 2.79 bits per heavy atom. The number of fused-ring (bicyclic) bond motifs is 1. The van der Waals surface area contributed by atoms with E-state index >= 15 is 0 Å². The van der Waals surface area contributed by atoms with Crippen molar-refractivity contribution in [1.82, 2.24) is 14.9 Å². The number of benzene rings is 2. The normalized spacial score (nSPS) is 18.1. The Balaban J connectivity index is 1.65. The van der Waals surface area contributed by atoms with Crippen LogP contribution < -0.4 is 15.5 Å². The number of carbonyl (C=O) groups excluding carboxylic acids is 1. The fourth-order valence-corrected chi connectivity index (χ4v) is 4.25. The molecule has 0 saturated heterocycles. The average Bonchev–Trinajstić information content (AvgIpc) is 3.08. The Morgan fingerprint density at radius 2 is 2.04 bits per heavy atom. The summed E-state index contributed by atoms with van der Waals surface area (Å²) in [6, 6.07) is 14.4. The van der Waals surface area contributed by atoms with E-state index in [1.807, 2.05) is 49.4 Å². The molecule has 7 nitrogen and oxygen atoms in total. The van der Waals surface area contributed by atoms with Crippen molar-refractivity contribution in [1.29, 1.82) is 0 Å². The van der Waals surface area contributed by atoms with E-state index in [-0.39, 0.29) is 11.9 Å². The van der Waals surface area contributed by atoms with Gasteiger partial charge < -0.3 is 15.5 Å². The van der Waals surface area contributed by atoms with E-state index in [1.54, 1.807) is 17.9 Å². The van der Waals surface area contributed by atoms with Crippen molar-refractivity contribution < 1.29 is 9.53 Å². The van der Waals surface area contributed by atoms with Gasteiger partial charge in [-0.3, -0.25) is 4.79 Å². The molecule has 0 bridgehead atoms. The molecule has 1 aromatic heterocycles. The molecule has 2 N–H and O–H groups in total. The highest BCUT2D eigenvalue weighted by Gasteiger charge is 2.37. The largest absolute Gasteiger partial charge is 0.497 e. The van der Waals surface area contributed by atoms with E-state index in [9.17, 15) is 4.79 Å². The number of nitrogens with zero attached hydrogens (tertiary/aromatic N) is 3. The third-order valence-electron chi connectivity index (χ3n) is 4.42. The topological polar surface area (TPSA) is 81.1 Å². The van der Waals surface area contributed by atoms with Gasteiger partial charge in [-0.2, -0.15) is 0 Å². The van der Waals surface area contributed by atoms with E-state index in [4.69, 9.17) is 16.3 Å². The van der Waals surface area contributed by atoms with Gasteiger partial charge in [0.2, 0.25) is 11.1 Å². The van der Waals surface area contributed by atoms with Gasteiger partial charge >= 0.3 is 0 Å². The van der Waals surface area contributed by atoms with E-state index < -0.39 is 5.25 Å². The molecular weight excluding hydrogens is 398 g/mol. The molecule has 0 fully saturated rings. The van der Waals surface area contributed by atoms with Crippen LogP contribution in [0.2, 0.25) is 5.02 Å². The van der Waals surface area contributed by atoms with E-state index in [2.05, 4.69) is 20.9 Å². The van der Waals surface area contributed by atoms with Crippen LogP contribution in [0.15, 0.2) is 53.7 Å². The number of amides is 1. The highest BCUT2D eigenvalue weighted by atomic mass is 35.5. The van der Waals surface area contributed by atoms with Gasteiger partial charge in [-0.15, -0.1) is 10.2 Å². The Bertz CT molecular complexity index is 1010. The highest BCUT2D eigenvalue weighted by molar-refractivity contribution is 8.00. The smallest absolute Gasteiger partial charge is 0.240 e. The van der Waals surface area contributed by atoms with Crippen LogP contribution in [-0.2, 0) is 4.79 Å². The molecule has 0 radical (unpaired) electrons. The Morgan fingerprint density at radius 1 is 1.25 bits per heavy atom. The molecule has 4 rings (SSSR count). The molecule has 0 unspecified atom stereocenters. The maximum absolute atomic E-state index is 13.1. The molecule has 0 spiro atoms. The third-order valence-corrected chi connectivity index (χ3v) is 5.89. The average molecular weight is 416 g/mol. The number of halogens is 1. The molecule has 0 aliphatic carbocycles. The molecule has 1 aliphatic rings. The fourth-order valence-electron chi connectivity index (χ4n) is 2.99. The Kier molecular flexibility index (Phi) is 5.15. The number of hydrogen-bond acceptors (Lipinski definition) is 6. The first kappa shape index (κ1) is 18.6. The first-order valence-corrected chi connectivity index (χ1v) is 9.86.